The Balaban J connectivity index is 1.92. The third-order valence-corrected chi connectivity index (χ3v) is 7.00. The van der Waals surface area contributed by atoms with Crippen LogP contribution in [0.1, 0.15) is 6.92 Å². The van der Waals surface area contributed by atoms with Gasteiger partial charge in [0, 0.05) is 45.6 Å². The summed E-state index contributed by atoms with van der Waals surface area (Å²) in [5, 5.41) is 0.181. The van der Waals surface area contributed by atoms with E-state index in [9.17, 15) is 8.42 Å². The molecule has 1 aromatic carbocycles. The summed E-state index contributed by atoms with van der Waals surface area (Å²) < 4.78 is 27.7. The highest BCUT2D eigenvalue weighted by Gasteiger charge is 2.31. The molecule has 0 spiro atoms. The molecule has 9 heteroatoms. The number of piperazine rings is 1. The minimum absolute atomic E-state index is 0.115. The normalized spacial score (nSPS) is 16.6. The van der Waals surface area contributed by atoms with Crippen LogP contribution in [0.25, 0.3) is 0 Å². The van der Waals surface area contributed by atoms with E-state index in [4.69, 9.17) is 11.6 Å². The lowest BCUT2D eigenvalue weighted by molar-refractivity contribution is 0.196. The van der Waals surface area contributed by atoms with Gasteiger partial charge in [0.2, 0.25) is 16.0 Å². The van der Waals surface area contributed by atoms with E-state index >= 15 is 0 Å². The van der Waals surface area contributed by atoms with Crippen LogP contribution in [0.4, 0.5) is 11.6 Å². The second kappa shape index (κ2) is 7.87. The van der Waals surface area contributed by atoms with Gasteiger partial charge in [0.15, 0.2) is 0 Å². The molecule has 1 aromatic heterocycles. The first-order valence-electron chi connectivity index (χ1n) is 8.47. The highest BCUT2D eigenvalue weighted by Crippen LogP contribution is 2.35. The molecule has 0 saturated carbocycles. The lowest BCUT2D eigenvalue weighted by Crippen LogP contribution is -2.48. The van der Waals surface area contributed by atoms with Crippen molar-refractivity contribution < 1.29 is 8.42 Å². The number of benzene rings is 1. The van der Waals surface area contributed by atoms with Gasteiger partial charge in [-0.15, -0.1) is 0 Å². The van der Waals surface area contributed by atoms with E-state index < -0.39 is 10.0 Å². The fourth-order valence-electron chi connectivity index (χ4n) is 2.95. The van der Waals surface area contributed by atoms with Crippen LogP contribution in [-0.4, -0.2) is 67.4 Å². The fraction of sp³-hybridized carbons (Fsp3) is 0.412. The molecular weight excluding hydrogens is 374 g/mol. The summed E-state index contributed by atoms with van der Waals surface area (Å²) in [4.78, 5) is 12.4. The van der Waals surface area contributed by atoms with Gasteiger partial charge in [0.1, 0.15) is 4.90 Å². The summed E-state index contributed by atoms with van der Waals surface area (Å²) >= 11 is 6.50. The standard InChI is InChI=1S/C17H22ClN5O2S/c1-3-22-10-12-23(13-11-22)26(24,25)15-7-4-6-14(16(15)18)21(2)17-19-8-5-9-20-17/h4-9H,3,10-13H2,1-2H3. The summed E-state index contributed by atoms with van der Waals surface area (Å²) in [6.45, 7) is 5.39. The van der Waals surface area contributed by atoms with Crippen molar-refractivity contribution in [3.63, 3.8) is 0 Å². The van der Waals surface area contributed by atoms with Crippen LogP contribution in [0.5, 0.6) is 0 Å². The zero-order valence-corrected chi connectivity index (χ0v) is 16.4. The molecule has 1 saturated heterocycles. The first kappa shape index (κ1) is 19.0. The number of rotatable bonds is 5. The first-order chi connectivity index (χ1) is 12.4. The Morgan fingerprint density at radius 3 is 2.38 bits per heavy atom. The van der Waals surface area contributed by atoms with Gasteiger partial charge in [-0.3, -0.25) is 0 Å². The number of halogens is 1. The number of anilines is 2. The van der Waals surface area contributed by atoms with Crippen molar-refractivity contribution in [2.75, 3.05) is 44.7 Å². The Hall–Kier alpha value is -1.74. The molecule has 0 atom stereocenters. The molecule has 3 rings (SSSR count). The average molecular weight is 396 g/mol. The molecule has 26 heavy (non-hydrogen) atoms. The molecule has 2 aromatic rings. The van der Waals surface area contributed by atoms with E-state index in [0.29, 0.717) is 24.7 Å². The second-order valence-electron chi connectivity index (χ2n) is 6.04. The van der Waals surface area contributed by atoms with Crippen LogP contribution in [0.15, 0.2) is 41.6 Å². The largest absolute Gasteiger partial charge is 0.312 e. The Morgan fingerprint density at radius 1 is 1.12 bits per heavy atom. The maximum Gasteiger partial charge on any atom is 0.244 e. The maximum absolute atomic E-state index is 13.1. The van der Waals surface area contributed by atoms with Crippen LogP contribution in [0, 0.1) is 0 Å². The molecule has 0 radical (unpaired) electrons. The molecule has 1 aliphatic rings. The predicted octanol–water partition coefficient (Wildman–Crippen LogP) is 2.22. The number of likely N-dealkylation sites (N-methyl/N-ethyl adjacent to an activating group) is 1. The van der Waals surface area contributed by atoms with Crippen LogP contribution >= 0.6 is 11.6 Å². The zero-order valence-electron chi connectivity index (χ0n) is 14.8. The molecule has 2 heterocycles. The van der Waals surface area contributed by atoms with Crippen molar-refractivity contribution in [1.82, 2.24) is 19.2 Å². The third-order valence-electron chi connectivity index (χ3n) is 4.55. The maximum atomic E-state index is 13.1. The number of aromatic nitrogens is 2. The topological polar surface area (TPSA) is 69.6 Å². The van der Waals surface area contributed by atoms with Crippen molar-refractivity contribution in [2.45, 2.75) is 11.8 Å². The smallest absolute Gasteiger partial charge is 0.244 e. The van der Waals surface area contributed by atoms with Gasteiger partial charge in [-0.2, -0.15) is 4.31 Å². The van der Waals surface area contributed by atoms with E-state index in [1.165, 1.54) is 4.31 Å². The summed E-state index contributed by atoms with van der Waals surface area (Å²) in [5.41, 5.74) is 0.547. The molecule has 0 bridgehead atoms. The SMILES string of the molecule is CCN1CCN(S(=O)(=O)c2cccc(N(C)c3ncccn3)c2Cl)CC1. The third kappa shape index (κ3) is 3.68. The molecular formula is C17H22ClN5O2S. The van der Waals surface area contributed by atoms with Crippen LogP contribution in [-0.2, 0) is 10.0 Å². The van der Waals surface area contributed by atoms with Crippen molar-refractivity contribution in [2.24, 2.45) is 0 Å². The Labute approximate surface area is 159 Å². The van der Waals surface area contributed by atoms with Gasteiger partial charge in [-0.05, 0) is 24.7 Å². The Kier molecular flexibility index (Phi) is 5.76. The van der Waals surface area contributed by atoms with Gasteiger partial charge in [0.05, 0.1) is 10.7 Å². The molecule has 140 valence electrons. The summed E-state index contributed by atoms with van der Waals surface area (Å²) in [5.74, 6) is 0.445. The van der Waals surface area contributed by atoms with Crippen LogP contribution in [0.2, 0.25) is 5.02 Å². The number of nitrogens with zero attached hydrogens (tertiary/aromatic N) is 5. The molecule has 7 nitrogen and oxygen atoms in total. The quantitative estimate of drug-likeness (QED) is 0.773. The molecule has 0 N–H and O–H groups in total. The summed E-state index contributed by atoms with van der Waals surface area (Å²) in [6.07, 6.45) is 3.25. The second-order valence-corrected chi connectivity index (χ2v) is 8.32. The van der Waals surface area contributed by atoms with Gasteiger partial charge < -0.3 is 9.80 Å². The van der Waals surface area contributed by atoms with E-state index in [2.05, 4.69) is 21.8 Å². The van der Waals surface area contributed by atoms with Crippen molar-refractivity contribution in [1.29, 1.82) is 0 Å². The van der Waals surface area contributed by atoms with Crippen molar-refractivity contribution >= 4 is 33.3 Å². The lowest BCUT2D eigenvalue weighted by atomic mass is 10.3. The van der Waals surface area contributed by atoms with Crippen LogP contribution in [0.3, 0.4) is 0 Å². The number of hydrogen-bond acceptors (Lipinski definition) is 6. The lowest BCUT2D eigenvalue weighted by Gasteiger charge is -2.33. The van der Waals surface area contributed by atoms with Crippen LogP contribution < -0.4 is 4.90 Å². The average Bonchev–Trinajstić information content (AvgIpc) is 2.68. The Morgan fingerprint density at radius 2 is 1.77 bits per heavy atom. The predicted molar refractivity (Wildman–Crippen MR) is 102 cm³/mol. The van der Waals surface area contributed by atoms with Crippen molar-refractivity contribution in [3.8, 4) is 0 Å². The van der Waals surface area contributed by atoms with E-state index in [1.807, 2.05) is 0 Å². The van der Waals surface area contributed by atoms with Gasteiger partial charge in [-0.1, -0.05) is 24.6 Å². The van der Waals surface area contributed by atoms with Gasteiger partial charge in [-0.25, -0.2) is 18.4 Å². The van der Waals surface area contributed by atoms with E-state index in [1.54, 1.807) is 48.6 Å². The van der Waals surface area contributed by atoms with E-state index in [-0.39, 0.29) is 9.92 Å². The monoisotopic (exact) mass is 395 g/mol. The Bertz CT molecular complexity index is 855. The molecule has 0 amide bonds. The summed E-state index contributed by atoms with van der Waals surface area (Å²) in [6, 6.07) is 6.71. The molecule has 1 aliphatic heterocycles. The minimum Gasteiger partial charge on any atom is -0.312 e. The first-order valence-corrected chi connectivity index (χ1v) is 10.3. The molecule has 0 aliphatic carbocycles. The fourth-order valence-corrected chi connectivity index (χ4v) is 5.00. The number of sulfonamides is 1. The highest BCUT2D eigenvalue weighted by molar-refractivity contribution is 7.89. The van der Waals surface area contributed by atoms with Crippen molar-refractivity contribution in [3.05, 3.63) is 41.7 Å². The zero-order chi connectivity index (χ0) is 18.7. The van der Waals surface area contributed by atoms with E-state index in [0.717, 1.165) is 19.6 Å². The summed E-state index contributed by atoms with van der Waals surface area (Å²) in [7, 11) is -1.90. The number of hydrogen-bond donors (Lipinski definition) is 0. The molecule has 0 unspecified atom stereocenters. The molecule has 1 fully saturated rings. The highest BCUT2D eigenvalue weighted by atomic mass is 35.5. The minimum atomic E-state index is -3.66. The van der Waals surface area contributed by atoms with Gasteiger partial charge in [0.25, 0.3) is 0 Å². The van der Waals surface area contributed by atoms with Gasteiger partial charge >= 0.3 is 0 Å².